The molecule has 22 heavy (non-hydrogen) atoms. The Kier molecular flexibility index (Phi) is 4.00. The molecule has 0 aliphatic rings. The van der Waals surface area contributed by atoms with Crippen molar-refractivity contribution < 1.29 is 32.2 Å². The lowest BCUT2D eigenvalue weighted by Crippen LogP contribution is -2.14. The van der Waals surface area contributed by atoms with Crippen LogP contribution in [0, 0.1) is 11.6 Å². The summed E-state index contributed by atoms with van der Waals surface area (Å²) in [6.45, 7) is 0. The van der Waals surface area contributed by atoms with Gasteiger partial charge in [0.15, 0.2) is 17.4 Å². The van der Waals surface area contributed by atoms with Gasteiger partial charge < -0.3 is 10.2 Å². The van der Waals surface area contributed by atoms with Gasteiger partial charge in [-0.25, -0.2) is 22.0 Å². The number of anilines is 1. The highest BCUT2D eigenvalue weighted by Gasteiger charge is 2.20. The minimum atomic E-state index is -4.33. The van der Waals surface area contributed by atoms with Gasteiger partial charge in [-0.3, -0.25) is 4.72 Å². The van der Waals surface area contributed by atoms with Gasteiger partial charge in [0.05, 0.1) is 10.6 Å². The fraction of sp³-hybridized carbons (Fsp3) is 0. The number of benzene rings is 2. The summed E-state index contributed by atoms with van der Waals surface area (Å²) in [6.07, 6.45) is 0. The van der Waals surface area contributed by atoms with E-state index in [-0.39, 0.29) is 0 Å². The average Bonchev–Trinajstić information content (AvgIpc) is 2.43. The zero-order valence-corrected chi connectivity index (χ0v) is 11.6. The summed E-state index contributed by atoms with van der Waals surface area (Å²) in [5.41, 5.74) is -0.907. The maximum atomic E-state index is 13.1. The molecule has 2 aromatic carbocycles. The molecule has 0 saturated carbocycles. The maximum Gasteiger partial charge on any atom is 0.339 e. The van der Waals surface area contributed by atoms with Crippen molar-refractivity contribution in [3.63, 3.8) is 0 Å². The van der Waals surface area contributed by atoms with Crippen molar-refractivity contribution in [3.8, 4) is 5.75 Å². The second-order valence-electron chi connectivity index (χ2n) is 4.19. The second kappa shape index (κ2) is 5.60. The van der Waals surface area contributed by atoms with E-state index in [0.717, 1.165) is 18.2 Å². The number of aromatic hydroxyl groups is 1. The standard InChI is InChI=1S/C13H9F2NO5S/c14-9-5-4-7(6-10(9)15)22(20,21)16-11-3-1-2-8(12(11)17)13(18)19/h1-6,16-17H,(H,18,19). The second-order valence-corrected chi connectivity index (χ2v) is 5.87. The van der Waals surface area contributed by atoms with Crippen LogP contribution in [0.1, 0.15) is 10.4 Å². The maximum absolute atomic E-state index is 13.1. The number of para-hydroxylation sites is 1. The van der Waals surface area contributed by atoms with Crippen molar-refractivity contribution in [1.29, 1.82) is 0 Å². The lowest BCUT2D eigenvalue weighted by Gasteiger charge is -2.11. The van der Waals surface area contributed by atoms with E-state index in [1.807, 2.05) is 4.72 Å². The number of hydrogen-bond donors (Lipinski definition) is 3. The predicted octanol–water partition coefficient (Wildman–Crippen LogP) is 2.17. The van der Waals surface area contributed by atoms with E-state index in [1.165, 1.54) is 6.07 Å². The van der Waals surface area contributed by atoms with Gasteiger partial charge in [-0.15, -0.1) is 0 Å². The minimum Gasteiger partial charge on any atom is -0.505 e. The van der Waals surface area contributed by atoms with Crippen LogP contribution in [0.25, 0.3) is 0 Å². The summed E-state index contributed by atoms with van der Waals surface area (Å²) in [5, 5.41) is 18.6. The van der Waals surface area contributed by atoms with Crippen LogP contribution >= 0.6 is 0 Å². The number of rotatable bonds is 4. The van der Waals surface area contributed by atoms with Gasteiger partial charge in [-0.2, -0.15) is 0 Å². The normalized spacial score (nSPS) is 11.2. The summed E-state index contributed by atoms with van der Waals surface area (Å²) < 4.78 is 51.9. The molecule has 116 valence electrons. The molecule has 6 nitrogen and oxygen atoms in total. The lowest BCUT2D eigenvalue weighted by atomic mass is 10.2. The highest BCUT2D eigenvalue weighted by Crippen LogP contribution is 2.29. The number of hydrogen-bond acceptors (Lipinski definition) is 4. The molecule has 0 amide bonds. The predicted molar refractivity (Wildman–Crippen MR) is 72.2 cm³/mol. The van der Waals surface area contributed by atoms with Gasteiger partial charge in [0.2, 0.25) is 0 Å². The molecule has 0 aromatic heterocycles. The molecule has 9 heteroatoms. The third-order valence-electron chi connectivity index (χ3n) is 2.71. The summed E-state index contributed by atoms with van der Waals surface area (Å²) in [6, 6.07) is 5.35. The van der Waals surface area contributed by atoms with Crippen molar-refractivity contribution in [2.24, 2.45) is 0 Å². The Labute approximate surface area is 123 Å². The third-order valence-corrected chi connectivity index (χ3v) is 4.08. The van der Waals surface area contributed by atoms with Crippen LogP contribution < -0.4 is 4.72 Å². The zero-order chi connectivity index (χ0) is 16.5. The smallest absolute Gasteiger partial charge is 0.339 e. The van der Waals surface area contributed by atoms with E-state index >= 15 is 0 Å². The van der Waals surface area contributed by atoms with Gasteiger partial charge >= 0.3 is 5.97 Å². The molecule has 0 bridgehead atoms. The summed E-state index contributed by atoms with van der Waals surface area (Å²) >= 11 is 0. The highest BCUT2D eigenvalue weighted by molar-refractivity contribution is 7.92. The number of phenols is 1. The fourth-order valence-corrected chi connectivity index (χ4v) is 2.72. The van der Waals surface area contributed by atoms with Crippen LogP contribution in [0.15, 0.2) is 41.3 Å². The Hall–Kier alpha value is -2.68. The first-order valence-corrected chi connectivity index (χ1v) is 7.24. The molecular weight excluding hydrogens is 320 g/mol. The Morgan fingerprint density at radius 3 is 2.36 bits per heavy atom. The van der Waals surface area contributed by atoms with Crippen LogP contribution in [0.5, 0.6) is 5.75 Å². The van der Waals surface area contributed by atoms with E-state index in [1.54, 1.807) is 0 Å². The van der Waals surface area contributed by atoms with Crippen LogP contribution in [-0.2, 0) is 10.0 Å². The number of carboxylic acids is 1. The number of nitrogens with one attached hydrogen (secondary N) is 1. The van der Waals surface area contributed by atoms with E-state index in [2.05, 4.69) is 0 Å². The number of aromatic carboxylic acids is 1. The molecule has 2 rings (SSSR count). The van der Waals surface area contributed by atoms with Crippen molar-refractivity contribution in [1.82, 2.24) is 0 Å². The van der Waals surface area contributed by atoms with E-state index < -0.39 is 49.5 Å². The molecule has 0 atom stereocenters. The van der Waals surface area contributed by atoms with Crippen LogP contribution in [0.3, 0.4) is 0 Å². The fourth-order valence-electron chi connectivity index (χ4n) is 1.65. The lowest BCUT2D eigenvalue weighted by molar-refractivity contribution is 0.0694. The molecule has 0 radical (unpaired) electrons. The summed E-state index contributed by atoms with van der Waals surface area (Å²) in [4.78, 5) is 10.3. The van der Waals surface area contributed by atoms with Gasteiger partial charge in [0, 0.05) is 0 Å². The van der Waals surface area contributed by atoms with Gasteiger partial charge in [0.1, 0.15) is 5.56 Å². The molecule has 3 N–H and O–H groups in total. The van der Waals surface area contributed by atoms with E-state index in [0.29, 0.717) is 12.1 Å². The van der Waals surface area contributed by atoms with Crippen molar-refractivity contribution in [2.45, 2.75) is 4.90 Å². The number of halogens is 2. The SMILES string of the molecule is O=C(O)c1cccc(NS(=O)(=O)c2ccc(F)c(F)c2)c1O. The first kappa shape index (κ1) is 15.7. The van der Waals surface area contributed by atoms with Gasteiger partial charge in [0.25, 0.3) is 10.0 Å². The summed E-state index contributed by atoms with van der Waals surface area (Å²) in [5.74, 6) is -4.81. The zero-order valence-electron chi connectivity index (χ0n) is 10.7. The molecular formula is C13H9F2NO5S. The van der Waals surface area contributed by atoms with Gasteiger partial charge in [-0.1, -0.05) is 6.07 Å². The minimum absolute atomic E-state index is 0.398. The molecule has 0 heterocycles. The monoisotopic (exact) mass is 329 g/mol. The molecule has 2 aromatic rings. The molecule has 0 aliphatic heterocycles. The average molecular weight is 329 g/mol. The van der Waals surface area contributed by atoms with Crippen molar-refractivity contribution in [2.75, 3.05) is 4.72 Å². The first-order valence-electron chi connectivity index (χ1n) is 5.75. The Morgan fingerprint density at radius 2 is 1.77 bits per heavy atom. The molecule has 0 saturated heterocycles. The molecule has 0 fully saturated rings. The van der Waals surface area contributed by atoms with E-state index in [4.69, 9.17) is 5.11 Å². The topological polar surface area (TPSA) is 104 Å². The molecule has 0 spiro atoms. The van der Waals surface area contributed by atoms with Crippen molar-refractivity contribution >= 4 is 21.7 Å². The summed E-state index contributed by atoms with van der Waals surface area (Å²) in [7, 11) is -4.33. The largest absolute Gasteiger partial charge is 0.505 e. The molecule has 0 unspecified atom stereocenters. The van der Waals surface area contributed by atoms with Crippen molar-refractivity contribution in [3.05, 3.63) is 53.6 Å². The van der Waals surface area contributed by atoms with Crippen LogP contribution in [0.2, 0.25) is 0 Å². The van der Waals surface area contributed by atoms with E-state index in [9.17, 15) is 27.1 Å². The Bertz CT molecular complexity index is 852. The van der Waals surface area contributed by atoms with Gasteiger partial charge in [-0.05, 0) is 30.3 Å². The number of sulfonamides is 1. The first-order chi connectivity index (χ1) is 10.2. The third kappa shape index (κ3) is 2.98. The van der Waals surface area contributed by atoms with Crippen LogP contribution in [0.4, 0.5) is 14.5 Å². The van der Waals surface area contributed by atoms with Crippen LogP contribution in [-0.4, -0.2) is 24.6 Å². The quantitative estimate of drug-likeness (QED) is 0.746. The number of carbonyl (C=O) groups is 1. The molecule has 0 aliphatic carbocycles. The Morgan fingerprint density at radius 1 is 1.09 bits per heavy atom. The Balaban J connectivity index is 2.43. The highest BCUT2D eigenvalue weighted by atomic mass is 32.2. The number of carboxylic acid groups (broad SMARTS) is 1.